The molecular weight excluding hydrogens is 732 g/mol. The van der Waals surface area contributed by atoms with Gasteiger partial charge in [0.25, 0.3) is 0 Å². The van der Waals surface area contributed by atoms with Gasteiger partial charge in [0.2, 0.25) is 0 Å². The van der Waals surface area contributed by atoms with Gasteiger partial charge < -0.3 is 19.0 Å². The smallest absolute Gasteiger partial charge is 0.338 e. The third-order valence-corrected chi connectivity index (χ3v) is 8.59. The van der Waals surface area contributed by atoms with Gasteiger partial charge in [0.05, 0.1) is 32.4 Å². The lowest BCUT2D eigenvalue weighted by molar-refractivity contribution is 0.0599. The fourth-order valence-corrected chi connectivity index (χ4v) is 5.99. The van der Waals surface area contributed by atoms with E-state index in [0.29, 0.717) is 36.0 Å². The molecule has 0 saturated carbocycles. The lowest BCUT2D eigenvalue weighted by atomic mass is 10.1. The maximum atomic E-state index is 11.9. The third-order valence-electron chi connectivity index (χ3n) is 7.01. The molecule has 6 rings (SSSR count). The van der Waals surface area contributed by atoms with E-state index >= 15 is 0 Å². The summed E-state index contributed by atoms with van der Waals surface area (Å²) in [6, 6.07) is 26.6. The summed E-state index contributed by atoms with van der Waals surface area (Å²) in [7, 11) is 3.07. The van der Waals surface area contributed by atoms with Crippen LogP contribution in [0.5, 0.6) is 0 Å². The summed E-state index contributed by atoms with van der Waals surface area (Å²) >= 11 is 12.6. The van der Waals surface area contributed by atoms with Crippen LogP contribution in [0.25, 0.3) is 31.5 Å². The Labute approximate surface area is 289 Å². The van der Waals surface area contributed by atoms with Crippen molar-refractivity contribution in [3.8, 4) is 0 Å². The first kappa shape index (κ1) is 34.5. The molecule has 0 spiro atoms. The molecule has 0 amide bonds. The number of halogens is 3. The summed E-state index contributed by atoms with van der Waals surface area (Å²) < 4.78 is 13.8. The maximum absolute atomic E-state index is 11.9. The average molecular weight is 761 g/mol. The predicted octanol–water partition coefficient (Wildman–Crippen LogP) is 10.8. The van der Waals surface area contributed by atoms with E-state index in [2.05, 4.69) is 51.1 Å². The largest absolute Gasteiger partial charge is 0.465 e. The summed E-state index contributed by atoms with van der Waals surface area (Å²) in [5.41, 5.74) is 7.09. The van der Waals surface area contributed by atoms with Crippen LogP contribution < -0.4 is 0 Å². The fourth-order valence-electron chi connectivity index (χ4n) is 4.72. The second kappa shape index (κ2) is 16.8. The first-order valence-electron chi connectivity index (χ1n) is 13.9. The van der Waals surface area contributed by atoms with Crippen LogP contribution in [-0.2, 0) is 28.5 Å². The van der Waals surface area contributed by atoms with E-state index in [0.717, 1.165) is 41.9 Å². The Morgan fingerprint density at radius 2 is 1.48 bits per heavy atom. The zero-order valence-electron chi connectivity index (χ0n) is 25.1. The van der Waals surface area contributed by atoms with Gasteiger partial charge in [-0.05, 0) is 78.9 Å². The molecule has 0 atom stereocenters. The highest BCUT2D eigenvalue weighted by atomic mass is 79.9. The number of methoxy groups -OCH3 is 2. The van der Waals surface area contributed by atoms with Crippen molar-refractivity contribution in [2.75, 3.05) is 14.2 Å². The Balaban J connectivity index is 0.000000175. The van der Waals surface area contributed by atoms with Crippen LogP contribution in [-0.4, -0.2) is 29.7 Å². The second-order valence-corrected chi connectivity index (χ2v) is 11.9. The topological polar surface area (TPSA) is 65.0 Å². The number of esters is 1. The van der Waals surface area contributed by atoms with Gasteiger partial charge in [0.1, 0.15) is 0 Å². The first-order valence-corrected chi connectivity index (χ1v) is 16.0. The van der Waals surface area contributed by atoms with E-state index in [4.69, 9.17) is 34.2 Å². The minimum Gasteiger partial charge on any atom is -0.465 e. The first-order chi connectivity index (χ1) is 22.3. The standard InChI is InChI=1S/C18H13BrN2O2.C9H5BrN2.C9H11ClO/c1-20-13-7-8-17-15(9-13)16(19)11-21(17)10-12-5-3-4-6-14(12)18(22)23-2;1-11-6-2-3-9-7(4-6)8(10)5-12-9;1-11-7-9-5-3-2-4-8(9)6-10/h3-9,11H,10H2,2H3;2-5,12H;2-5H,6-7H2,1H3. The molecule has 0 fully saturated rings. The number of benzene rings is 4. The molecule has 10 heteroatoms. The van der Waals surface area contributed by atoms with E-state index in [1.807, 2.05) is 79.1 Å². The zero-order valence-corrected chi connectivity index (χ0v) is 29.0. The second-order valence-electron chi connectivity index (χ2n) is 9.88. The van der Waals surface area contributed by atoms with Crippen molar-refractivity contribution < 1.29 is 14.3 Å². The molecule has 1 N–H and O–H groups in total. The van der Waals surface area contributed by atoms with Gasteiger partial charge in [-0.1, -0.05) is 54.6 Å². The number of H-pyrrole nitrogens is 1. The van der Waals surface area contributed by atoms with Gasteiger partial charge >= 0.3 is 5.97 Å². The molecule has 2 aromatic heterocycles. The van der Waals surface area contributed by atoms with Gasteiger partial charge in [-0.3, -0.25) is 0 Å². The number of nitrogens with zero attached hydrogens (tertiary/aromatic N) is 3. The molecular formula is C36H29Br2ClN4O3. The summed E-state index contributed by atoms with van der Waals surface area (Å²) in [6.45, 7) is 15.2. The number of carbonyl (C=O) groups excluding carboxylic acids is 1. The monoisotopic (exact) mass is 758 g/mol. The Morgan fingerprint density at radius 3 is 2.13 bits per heavy atom. The van der Waals surface area contributed by atoms with Crippen molar-refractivity contribution >= 4 is 82.6 Å². The molecule has 4 aromatic carbocycles. The number of ether oxygens (including phenoxy) is 2. The maximum Gasteiger partial charge on any atom is 0.338 e. The molecule has 0 aliphatic carbocycles. The van der Waals surface area contributed by atoms with Gasteiger partial charge in [-0.15, -0.1) is 11.6 Å². The Morgan fingerprint density at radius 1 is 0.848 bits per heavy atom. The predicted molar refractivity (Wildman–Crippen MR) is 192 cm³/mol. The summed E-state index contributed by atoms with van der Waals surface area (Å²) in [6.07, 6.45) is 3.84. The Kier molecular flexibility index (Phi) is 12.6. The van der Waals surface area contributed by atoms with Crippen molar-refractivity contribution in [3.05, 3.63) is 151 Å². The Bertz CT molecular complexity index is 2060. The van der Waals surface area contributed by atoms with Gasteiger partial charge in [-0.25, -0.2) is 14.5 Å². The van der Waals surface area contributed by atoms with Crippen LogP contribution in [0.1, 0.15) is 27.0 Å². The molecule has 2 heterocycles. The summed E-state index contributed by atoms with van der Waals surface area (Å²) in [5, 5.41) is 2.04. The number of hydrogen-bond donors (Lipinski definition) is 1. The van der Waals surface area contributed by atoms with Crippen LogP contribution >= 0.6 is 43.5 Å². The minimum atomic E-state index is -0.341. The van der Waals surface area contributed by atoms with Crippen LogP contribution in [0.4, 0.5) is 11.4 Å². The fraction of sp³-hybridized carbons (Fsp3) is 0.139. The zero-order chi connectivity index (χ0) is 33.1. The van der Waals surface area contributed by atoms with E-state index in [1.165, 1.54) is 12.7 Å². The highest BCUT2D eigenvalue weighted by Gasteiger charge is 2.14. The highest BCUT2D eigenvalue weighted by molar-refractivity contribution is 9.11. The number of aromatic amines is 1. The number of nitrogens with one attached hydrogen (secondary N) is 1. The average Bonchev–Trinajstić information content (AvgIpc) is 3.62. The molecule has 0 aliphatic rings. The van der Waals surface area contributed by atoms with Crippen LogP contribution in [0.2, 0.25) is 0 Å². The molecule has 7 nitrogen and oxygen atoms in total. The summed E-state index contributed by atoms with van der Waals surface area (Å²) in [5.74, 6) is 0.214. The van der Waals surface area contributed by atoms with Gasteiger partial charge in [-0.2, -0.15) is 0 Å². The quantitative estimate of drug-likeness (QED) is 0.104. The van der Waals surface area contributed by atoms with Crippen LogP contribution in [0, 0.1) is 13.1 Å². The van der Waals surface area contributed by atoms with Gasteiger partial charge in [0.15, 0.2) is 11.4 Å². The van der Waals surface area contributed by atoms with Crippen molar-refractivity contribution in [3.63, 3.8) is 0 Å². The number of fused-ring (bicyclic) bond motifs is 2. The third kappa shape index (κ3) is 8.45. The summed E-state index contributed by atoms with van der Waals surface area (Å²) in [4.78, 5) is 21.8. The molecule has 232 valence electrons. The molecule has 0 aliphatic heterocycles. The van der Waals surface area contributed by atoms with Crippen LogP contribution in [0.15, 0.2) is 106 Å². The minimum absolute atomic E-state index is 0.341. The van der Waals surface area contributed by atoms with Crippen LogP contribution in [0.3, 0.4) is 0 Å². The van der Waals surface area contributed by atoms with E-state index in [9.17, 15) is 4.79 Å². The van der Waals surface area contributed by atoms with Crippen molar-refractivity contribution in [1.82, 2.24) is 9.55 Å². The number of aromatic nitrogens is 2. The van der Waals surface area contributed by atoms with E-state index in [1.54, 1.807) is 25.3 Å². The Hall–Kier alpha value is -4.38. The highest BCUT2D eigenvalue weighted by Crippen LogP contribution is 2.31. The number of rotatable bonds is 6. The lowest BCUT2D eigenvalue weighted by Gasteiger charge is -2.10. The molecule has 0 radical (unpaired) electrons. The lowest BCUT2D eigenvalue weighted by Crippen LogP contribution is -2.08. The SMILES string of the molecule is COCc1ccccc1CCl.[C-]#[N+]c1ccc2[nH]cc(Br)c2c1.[C-]#[N+]c1ccc2c(c1)c(Br)cn2Cc1ccccc1C(=O)OC. The molecule has 0 bridgehead atoms. The number of hydrogen-bond acceptors (Lipinski definition) is 3. The normalized spacial score (nSPS) is 10.2. The van der Waals surface area contributed by atoms with E-state index in [-0.39, 0.29) is 5.97 Å². The van der Waals surface area contributed by atoms with E-state index < -0.39 is 0 Å². The molecule has 6 aromatic rings. The van der Waals surface area contributed by atoms with Gasteiger partial charge in [0, 0.05) is 62.7 Å². The molecule has 0 saturated heterocycles. The molecule has 0 unspecified atom stereocenters. The van der Waals surface area contributed by atoms with Crippen molar-refractivity contribution in [1.29, 1.82) is 0 Å². The molecule has 46 heavy (non-hydrogen) atoms. The van der Waals surface area contributed by atoms with Crippen molar-refractivity contribution in [2.45, 2.75) is 19.0 Å². The number of carbonyl (C=O) groups is 1. The van der Waals surface area contributed by atoms with Crippen molar-refractivity contribution in [2.24, 2.45) is 0 Å². The number of alkyl halides is 1.